The number of hydroxylamine groups is 2. The van der Waals surface area contributed by atoms with Gasteiger partial charge in [0.15, 0.2) is 17.3 Å². The first kappa shape index (κ1) is 13.2. The second-order valence-corrected chi connectivity index (χ2v) is 5.58. The van der Waals surface area contributed by atoms with E-state index in [4.69, 9.17) is 10.1 Å². The molecule has 0 aromatic heterocycles. The maximum absolute atomic E-state index is 10.3. The second kappa shape index (κ2) is 4.66. The summed E-state index contributed by atoms with van der Waals surface area (Å²) in [6.07, 6.45) is 4.60. The predicted octanol–water partition coefficient (Wildman–Crippen LogP) is 2.98. The van der Waals surface area contributed by atoms with Crippen LogP contribution in [0.5, 0.6) is 11.5 Å². The van der Waals surface area contributed by atoms with Gasteiger partial charge in [0.1, 0.15) is 0 Å². The van der Waals surface area contributed by atoms with Gasteiger partial charge in [-0.25, -0.2) is 5.06 Å². The second-order valence-electron chi connectivity index (χ2n) is 5.58. The summed E-state index contributed by atoms with van der Waals surface area (Å²) in [5, 5.41) is 29.6. The van der Waals surface area contributed by atoms with Gasteiger partial charge in [0.25, 0.3) is 0 Å². The Balaban J connectivity index is 1.97. The number of aromatic hydroxyl groups is 1. The molecule has 1 aliphatic heterocycles. The van der Waals surface area contributed by atoms with Crippen LogP contribution in [-0.4, -0.2) is 27.8 Å². The molecule has 1 aromatic rings. The fourth-order valence-corrected chi connectivity index (χ4v) is 3.07. The molecule has 1 heterocycles. The number of nitrogens with one attached hydrogen (secondary N) is 1. The van der Waals surface area contributed by atoms with Crippen molar-refractivity contribution in [1.82, 2.24) is 5.06 Å². The number of phenolic OH excluding ortho intramolecular Hbond substituents is 1. The van der Waals surface area contributed by atoms with E-state index in [0.29, 0.717) is 17.9 Å². The van der Waals surface area contributed by atoms with Gasteiger partial charge in [-0.3, -0.25) is 10.6 Å². The van der Waals surface area contributed by atoms with Gasteiger partial charge in [0.2, 0.25) is 0 Å². The molecule has 1 aliphatic carbocycles. The summed E-state index contributed by atoms with van der Waals surface area (Å²) in [6, 6.07) is 3.62. The van der Waals surface area contributed by atoms with Crippen LogP contribution in [-0.2, 0) is 5.54 Å². The van der Waals surface area contributed by atoms with Gasteiger partial charge in [-0.15, -0.1) is 0 Å². The summed E-state index contributed by atoms with van der Waals surface area (Å²) in [4.78, 5) is 0. The third-order valence-corrected chi connectivity index (χ3v) is 4.43. The number of amidine groups is 1. The molecule has 3 N–H and O–H groups in total. The van der Waals surface area contributed by atoms with Crippen molar-refractivity contribution >= 4 is 5.84 Å². The van der Waals surface area contributed by atoms with Crippen molar-refractivity contribution in [1.29, 1.82) is 5.41 Å². The highest BCUT2D eigenvalue weighted by atomic mass is 16.5. The summed E-state index contributed by atoms with van der Waals surface area (Å²) in [5.41, 5.74) is 0.768. The van der Waals surface area contributed by atoms with Gasteiger partial charge in [0, 0.05) is 0 Å². The molecule has 20 heavy (non-hydrogen) atoms. The molecule has 0 bridgehead atoms. The van der Waals surface area contributed by atoms with Crippen LogP contribution in [0, 0.1) is 5.41 Å². The molecule has 0 atom stereocenters. The molecule has 5 nitrogen and oxygen atoms in total. The Labute approximate surface area is 118 Å². The van der Waals surface area contributed by atoms with E-state index in [1.807, 2.05) is 6.07 Å². The SMILES string of the molecule is CCCCOc1ccc2c(c1O)C(=N)N(O)C21CCC1. The number of hydrogen-bond donors (Lipinski definition) is 3. The van der Waals surface area contributed by atoms with Crippen molar-refractivity contribution in [2.45, 2.75) is 44.6 Å². The van der Waals surface area contributed by atoms with Crippen LogP contribution in [0.3, 0.4) is 0 Å². The van der Waals surface area contributed by atoms with E-state index in [-0.39, 0.29) is 11.6 Å². The molecule has 1 saturated carbocycles. The molecule has 0 unspecified atom stereocenters. The molecule has 1 aromatic carbocycles. The van der Waals surface area contributed by atoms with Crippen LogP contribution in [0.1, 0.15) is 50.2 Å². The van der Waals surface area contributed by atoms with Gasteiger partial charge in [-0.2, -0.15) is 0 Å². The molecule has 0 saturated heterocycles. The number of phenols is 1. The molecule has 0 radical (unpaired) electrons. The minimum atomic E-state index is -0.494. The third kappa shape index (κ3) is 1.62. The third-order valence-electron chi connectivity index (χ3n) is 4.43. The minimum absolute atomic E-state index is 0.0218. The fourth-order valence-electron chi connectivity index (χ4n) is 3.07. The number of nitrogens with zero attached hydrogens (tertiary/aromatic N) is 1. The van der Waals surface area contributed by atoms with E-state index in [0.717, 1.165) is 42.7 Å². The van der Waals surface area contributed by atoms with Crippen molar-refractivity contribution in [2.75, 3.05) is 6.61 Å². The highest BCUT2D eigenvalue weighted by Crippen LogP contribution is 2.54. The summed E-state index contributed by atoms with van der Waals surface area (Å²) in [5.74, 6) is 0.344. The highest BCUT2D eigenvalue weighted by Gasteiger charge is 2.53. The smallest absolute Gasteiger partial charge is 0.169 e. The van der Waals surface area contributed by atoms with Crippen molar-refractivity contribution < 1.29 is 15.1 Å². The molecular weight excluding hydrogens is 256 g/mol. The lowest BCUT2D eigenvalue weighted by molar-refractivity contribution is -0.138. The van der Waals surface area contributed by atoms with E-state index in [1.165, 1.54) is 0 Å². The molecule has 1 fully saturated rings. The summed E-state index contributed by atoms with van der Waals surface area (Å²) >= 11 is 0. The maximum Gasteiger partial charge on any atom is 0.169 e. The van der Waals surface area contributed by atoms with E-state index in [1.54, 1.807) is 6.07 Å². The maximum atomic E-state index is 10.3. The first-order valence-corrected chi connectivity index (χ1v) is 7.19. The van der Waals surface area contributed by atoms with Crippen molar-refractivity contribution in [3.8, 4) is 11.5 Å². The molecule has 108 valence electrons. The van der Waals surface area contributed by atoms with Crippen LogP contribution >= 0.6 is 0 Å². The van der Waals surface area contributed by atoms with E-state index < -0.39 is 5.54 Å². The molecule has 5 heteroatoms. The Morgan fingerprint density at radius 3 is 2.75 bits per heavy atom. The minimum Gasteiger partial charge on any atom is -0.504 e. The normalized spacial score (nSPS) is 19.1. The Hall–Kier alpha value is -1.75. The average Bonchev–Trinajstić information content (AvgIpc) is 2.62. The first-order valence-electron chi connectivity index (χ1n) is 7.19. The number of hydrogen-bond acceptors (Lipinski definition) is 4. The zero-order chi connectivity index (χ0) is 14.3. The van der Waals surface area contributed by atoms with Crippen LogP contribution in [0.15, 0.2) is 12.1 Å². The van der Waals surface area contributed by atoms with E-state index in [9.17, 15) is 10.3 Å². The first-order chi connectivity index (χ1) is 9.62. The Morgan fingerprint density at radius 1 is 1.40 bits per heavy atom. The van der Waals surface area contributed by atoms with Crippen molar-refractivity contribution in [3.05, 3.63) is 23.3 Å². The van der Waals surface area contributed by atoms with E-state index >= 15 is 0 Å². The number of rotatable bonds is 4. The fraction of sp³-hybridized carbons (Fsp3) is 0.533. The lowest BCUT2D eigenvalue weighted by atomic mass is 9.72. The van der Waals surface area contributed by atoms with Crippen LogP contribution in [0.25, 0.3) is 0 Å². The topological polar surface area (TPSA) is 76.8 Å². The quantitative estimate of drug-likeness (QED) is 0.739. The van der Waals surface area contributed by atoms with E-state index in [2.05, 4.69) is 6.92 Å². The zero-order valence-electron chi connectivity index (χ0n) is 11.6. The van der Waals surface area contributed by atoms with Gasteiger partial charge in [-0.1, -0.05) is 19.4 Å². The largest absolute Gasteiger partial charge is 0.504 e. The van der Waals surface area contributed by atoms with Gasteiger partial charge < -0.3 is 9.84 Å². The Kier molecular flexibility index (Phi) is 3.09. The number of fused-ring (bicyclic) bond motifs is 2. The van der Waals surface area contributed by atoms with Crippen molar-refractivity contribution in [3.63, 3.8) is 0 Å². The summed E-state index contributed by atoms with van der Waals surface area (Å²) in [7, 11) is 0. The summed E-state index contributed by atoms with van der Waals surface area (Å²) in [6.45, 7) is 2.62. The Bertz CT molecular complexity index is 552. The van der Waals surface area contributed by atoms with Crippen molar-refractivity contribution in [2.24, 2.45) is 0 Å². The average molecular weight is 276 g/mol. The lowest BCUT2D eigenvalue weighted by Crippen LogP contribution is -2.46. The monoisotopic (exact) mass is 276 g/mol. The van der Waals surface area contributed by atoms with Crippen LogP contribution in [0.2, 0.25) is 0 Å². The van der Waals surface area contributed by atoms with Gasteiger partial charge in [0.05, 0.1) is 17.7 Å². The van der Waals surface area contributed by atoms with Crippen LogP contribution in [0.4, 0.5) is 0 Å². The van der Waals surface area contributed by atoms with Gasteiger partial charge in [-0.05, 0) is 37.3 Å². The number of unbranched alkanes of at least 4 members (excludes halogenated alkanes) is 1. The molecule has 0 amide bonds. The molecular formula is C15H20N2O3. The molecule has 2 aliphatic rings. The molecule has 1 spiro atoms. The number of ether oxygens (including phenoxy) is 1. The van der Waals surface area contributed by atoms with Crippen LogP contribution < -0.4 is 4.74 Å². The number of benzene rings is 1. The zero-order valence-corrected chi connectivity index (χ0v) is 11.6. The predicted molar refractivity (Wildman–Crippen MR) is 74.5 cm³/mol. The van der Waals surface area contributed by atoms with Gasteiger partial charge >= 0.3 is 0 Å². The lowest BCUT2D eigenvalue weighted by Gasteiger charge is -2.43. The summed E-state index contributed by atoms with van der Waals surface area (Å²) < 4.78 is 5.56. The molecule has 3 rings (SSSR count). The standard InChI is InChI=1S/C15H20N2O3/c1-2-3-9-20-11-6-5-10-12(13(11)18)14(16)17(19)15(10)7-4-8-15/h5-6,16,18-19H,2-4,7-9H2,1H3. The highest BCUT2D eigenvalue weighted by molar-refractivity contribution is 6.04. The Morgan fingerprint density at radius 2 is 2.15 bits per heavy atom.